The van der Waals surface area contributed by atoms with Crippen LogP contribution in [0.3, 0.4) is 0 Å². The average molecular weight is 376 g/mol. The molecule has 27 heavy (non-hydrogen) atoms. The number of benzene rings is 2. The number of fused-ring (bicyclic) bond motifs is 1. The molecule has 0 aliphatic carbocycles. The summed E-state index contributed by atoms with van der Waals surface area (Å²) in [5, 5.41) is 0.442. The summed E-state index contributed by atoms with van der Waals surface area (Å²) in [5.74, 6) is -0.618. The van der Waals surface area contributed by atoms with Crippen molar-refractivity contribution < 1.29 is 22.7 Å². The topological polar surface area (TPSA) is 61.2 Å². The van der Waals surface area contributed by atoms with Gasteiger partial charge in [-0.1, -0.05) is 24.3 Å². The third kappa shape index (κ3) is 4.52. The van der Waals surface area contributed by atoms with Gasteiger partial charge in [-0.25, -0.2) is 4.98 Å². The predicted octanol–water partition coefficient (Wildman–Crippen LogP) is 3.55. The summed E-state index contributed by atoms with van der Waals surface area (Å²) >= 11 is 0. The number of aryl methyl sites for hydroxylation is 1. The summed E-state index contributed by atoms with van der Waals surface area (Å²) in [7, 11) is 0. The van der Waals surface area contributed by atoms with Gasteiger partial charge in [-0.2, -0.15) is 13.2 Å². The average Bonchev–Trinajstić information content (AvgIpc) is 2.65. The van der Waals surface area contributed by atoms with E-state index >= 15 is 0 Å². The lowest BCUT2D eigenvalue weighted by atomic mass is 10.1. The van der Waals surface area contributed by atoms with Crippen molar-refractivity contribution in [3.05, 3.63) is 76.3 Å². The summed E-state index contributed by atoms with van der Waals surface area (Å²) in [4.78, 5) is 28.3. The van der Waals surface area contributed by atoms with Crippen molar-refractivity contribution in [2.24, 2.45) is 0 Å². The fourth-order valence-electron chi connectivity index (χ4n) is 2.55. The molecule has 0 atom stereocenters. The lowest BCUT2D eigenvalue weighted by molar-refractivity contribution is -0.145. The number of aromatic nitrogens is 2. The van der Waals surface area contributed by atoms with Crippen molar-refractivity contribution in [2.75, 3.05) is 0 Å². The molecule has 5 nitrogen and oxygen atoms in total. The van der Waals surface area contributed by atoms with Gasteiger partial charge in [-0.05, 0) is 29.8 Å². The molecule has 3 rings (SSSR count). The third-order valence-electron chi connectivity index (χ3n) is 3.94. The SMILES string of the molecule is O=C(CCn1cnc2ccccc2c1=O)OCc1cccc(C(F)(F)F)c1. The van der Waals surface area contributed by atoms with Gasteiger partial charge in [-0.3, -0.25) is 14.2 Å². The van der Waals surface area contributed by atoms with Crippen LogP contribution in [-0.4, -0.2) is 15.5 Å². The molecule has 1 heterocycles. The van der Waals surface area contributed by atoms with Crippen LogP contribution in [0.2, 0.25) is 0 Å². The number of para-hydroxylation sites is 1. The molecule has 3 aromatic rings. The van der Waals surface area contributed by atoms with Crippen molar-refractivity contribution in [2.45, 2.75) is 25.7 Å². The van der Waals surface area contributed by atoms with Crippen LogP contribution in [0.25, 0.3) is 10.9 Å². The largest absolute Gasteiger partial charge is 0.461 e. The van der Waals surface area contributed by atoms with E-state index in [9.17, 15) is 22.8 Å². The Morgan fingerprint density at radius 1 is 1.11 bits per heavy atom. The first-order chi connectivity index (χ1) is 12.8. The summed E-state index contributed by atoms with van der Waals surface area (Å²) in [5.41, 5.74) is -0.273. The zero-order chi connectivity index (χ0) is 19.4. The molecule has 0 amide bonds. The molecule has 0 spiro atoms. The van der Waals surface area contributed by atoms with Crippen molar-refractivity contribution in [1.29, 1.82) is 0 Å². The maximum absolute atomic E-state index is 12.7. The fraction of sp³-hybridized carbons (Fsp3) is 0.211. The van der Waals surface area contributed by atoms with E-state index in [1.54, 1.807) is 24.3 Å². The maximum atomic E-state index is 12.7. The van der Waals surface area contributed by atoms with Crippen molar-refractivity contribution in [1.82, 2.24) is 9.55 Å². The molecule has 0 saturated carbocycles. The Kier molecular flexibility index (Phi) is 5.25. The van der Waals surface area contributed by atoms with Crippen molar-refractivity contribution in [3.8, 4) is 0 Å². The Morgan fingerprint density at radius 2 is 1.89 bits per heavy atom. The second-order valence-corrected chi connectivity index (χ2v) is 5.87. The van der Waals surface area contributed by atoms with Crippen LogP contribution in [0.4, 0.5) is 13.2 Å². The summed E-state index contributed by atoms with van der Waals surface area (Å²) in [6.45, 7) is -0.203. The molecule has 8 heteroatoms. The van der Waals surface area contributed by atoms with Crippen LogP contribution in [-0.2, 0) is 28.9 Å². The molecule has 0 saturated heterocycles. The summed E-state index contributed by atoms with van der Waals surface area (Å²) in [6, 6.07) is 11.4. The lowest BCUT2D eigenvalue weighted by Crippen LogP contribution is -2.22. The van der Waals surface area contributed by atoms with Crippen LogP contribution in [0.15, 0.2) is 59.7 Å². The van der Waals surface area contributed by atoms with E-state index in [1.807, 2.05) is 0 Å². The normalized spacial score (nSPS) is 11.5. The highest BCUT2D eigenvalue weighted by Crippen LogP contribution is 2.29. The Balaban J connectivity index is 1.59. The number of nitrogens with zero attached hydrogens (tertiary/aromatic N) is 2. The van der Waals surface area contributed by atoms with Gasteiger partial charge in [0.2, 0.25) is 0 Å². The number of rotatable bonds is 5. The van der Waals surface area contributed by atoms with Crippen LogP contribution in [0, 0.1) is 0 Å². The van der Waals surface area contributed by atoms with Gasteiger partial charge in [-0.15, -0.1) is 0 Å². The second kappa shape index (κ2) is 7.61. The first-order valence-electron chi connectivity index (χ1n) is 8.10. The highest BCUT2D eigenvalue weighted by Gasteiger charge is 2.30. The quantitative estimate of drug-likeness (QED) is 0.639. The molecule has 2 aromatic carbocycles. The van der Waals surface area contributed by atoms with Crippen molar-refractivity contribution >= 4 is 16.9 Å². The standard InChI is InChI=1S/C19H15F3N2O3/c20-19(21,22)14-5-3-4-13(10-14)11-27-17(25)8-9-24-12-23-16-7-2-1-6-15(16)18(24)26/h1-7,10,12H,8-9,11H2. The van der Waals surface area contributed by atoms with Crippen LogP contribution < -0.4 is 5.56 Å². The Hall–Kier alpha value is -3.16. The smallest absolute Gasteiger partial charge is 0.416 e. The Morgan fingerprint density at radius 3 is 2.67 bits per heavy atom. The predicted molar refractivity (Wildman–Crippen MR) is 91.9 cm³/mol. The first-order valence-corrected chi connectivity index (χ1v) is 8.10. The van der Waals surface area contributed by atoms with Gasteiger partial charge in [0.25, 0.3) is 5.56 Å². The van der Waals surface area contributed by atoms with Gasteiger partial charge in [0.1, 0.15) is 6.61 Å². The van der Waals surface area contributed by atoms with E-state index in [0.29, 0.717) is 10.9 Å². The van der Waals surface area contributed by atoms with E-state index in [2.05, 4.69) is 4.98 Å². The minimum Gasteiger partial charge on any atom is -0.461 e. The number of alkyl halides is 3. The number of halogens is 3. The number of hydrogen-bond donors (Lipinski definition) is 0. The minimum atomic E-state index is -4.45. The fourth-order valence-corrected chi connectivity index (χ4v) is 2.55. The van der Waals surface area contributed by atoms with E-state index < -0.39 is 17.7 Å². The molecule has 0 N–H and O–H groups in total. The molecule has 140 valence electrons. The zero-order valence-electron chi connectivity index (χ0n) is 14.1. The first kappa shape index (κ1) is 18.6. The zero-order valence-corrected chi connectivity index (χ0v) is 14.1. The van der Waals surface area contributed by atoms with E-state index in [-0.39, 0.29) is 30.7 Å². The molecule has 0 unspecified atom stereocenters. The molecule has 0 radical (unpaired) electrons. The molecular weight excluding hydrogens is 361 g/mol. The maximum Gasteiger partial charge on any atom is 0.416 e. The number of carbonyl (C=O) groups excluding carboxylic acids is 1. The summed E-state index contributed by atoms with van der Waals surface area (Å²) < 4.78 is 44.3. The van der Waals surface area contributed by atoms with Gasteiger partial charge >= 0.3 is 12.1 Å². The Bertz CT molecular complexity index is 1030. The Labute approximate surface area is 152 Å². The number of hydrogen-bond acceptors (Lipinski definition) is 4. The minimum absolute atomic E-state index is 0.0676. The van der Waals surface area contributed by atoms with Gasteiger partial charge in [0.15, 0.2) is 0 Å². The monoisotopic (exact) mass is 376 g/mol. The van der Waals surface area contributed by atoms with Crippen molar-refractivity contribution in [3.63, 3.8) is 0 Å². The van der Waals surface area contributed by atoms with Crippen LogP contribution >= 0.6 is 0 Å². The number of ether oxygens (including phenoxy) is 1. The van der Waals surface area contributed by atoms with Gasteiger partial charge in [0, 0.05) is 6.54 Å². The molecule has 1 aromatic heterocycles. The van der Waals surface area contributed by atoms with Gasteiger partial charge < -0.3 is 4.74 Å². The number of carbonyl (C=O) groups is 1. The summed E-state index contributed by atoms with van der Waals surface area (Å²) in [6.07, 6.45) is -3.20. The van der Waals surface area contributed by atoms with Crippen LogP contribution in [0.1, 0.15) is 17.5 Å². The third-order valence-corrected chi connectivity index (χ3v) is 3.94. The highest BCUT2D eigenvalue weighted by molar-refractivity contribution is 5.77. The highest BCUT2D eigenvalue weighted by atomic mass is 19.4. The van der Waals surface area contributed by atoms with Crippen LogP contribution in [0.5, 0.6) is 0 Å². The molecule has 0 fully saturated rings. The van der Waals surface area contributed by atoms with E-state index in [4.69, 9.17) is 4.74 Å². The van der Waals surface area contributed by atoms with Gasteiger partial charge in [0.05, 0.1) is 29.2 Å². The second-order valence-electron chi connectivity index (χ2n) is 5.87. The lowest BCUT2D eigenvalue weighted by Gasteiger charge is -2.10. The molecule has 0 bridgehead atoms. The van der Waals surface area contributed by atoms with E-state index in [1.165, 1.54) is 23.0 Å². The molecule has 0 aliphatic rings. The molecular formula is C19H15F3N2O3. The number of esters is 1. The molecule has 0 aliphatic heterocycles. The van der Waals surface area contributed by atoms with E-state index in [0.717, 1.165) is 12.1 Å².